The molecular weight excluding hydrogens is 168 g/mol. The van der Waals surface area contributed by atoms with Gasteiger partial charge in [-0.15, -0.1) is 24.1 Å². The quantitative estimate of drug-likeness (QED) is 0.377. The molecule has 0 aliphatic carbocycles. The van der Waals surface area contributed by atoms with Crippen LogP contribution >= 0.6 is 11.8 Å². The molecule has 12 heavy (non-hydrogen) atoms. The van der Waals surface area contributed by atoms with Gasteiger partial charge >= 0.3 is 0 Å². The highest BCUT2D eigenvalue weighted by Gasteiger charge is 2.33. The van der Waals surface area contributed by atoms with Gasteiger partial charge in [0.2, 0.25) is 0 Å². The first kappa shape index (κ1) is 9.67. The monoisotopic (exact) mass is 182 g/mol. The van der Waals surface area contributed by atoms with E-state index in [2.05, 4.69) is 5.92 Å². The van der Waals surface area contributed by atoms with E-state index in [0.29, 0.717) is 0 Å². The smallest absolute Gasteiger partial charge is 0.136 e. The first-order valence-electron chi connectivity index (χ1n) is 4.37. The highest BCUT2D eigenvalue weighted by atomic mass is 32.2. The SMILES string of the molecule is C#CCCCC1(C=O)CCCS1. The fourth-order valence-corrected chi connectivity index (χ4v) is 2.90. The average Bonchev–Trinajstić information content (AvgIpc) is 2.55. The zero-order chi connectivity index (χ0) is 8.86. The topological polar surface area (TPSA) is 17.1 Å². The summed E-state index contributed by atoms with van der Waals surface area (Å²) in [7, 11) is 0. The van der Waals surface area contributed by atoms with Gasteiger partial charge in [-0.2, -0.15) is 0 Å². The van der Waals surface area contributed by atoms with E-state index in [1.54, 1.807) is 11.8 Å². The second kappa shape index (κ2) is 4.57. The molecule has 1 heterocycles. The molecule has 0 bridgehead atoms. The molecule has 0 amide bonds. The summed E-state index contributed by atoms with van der Waals surface area (Å²) in [6.07, 6.45) is 11.3. The third-order valence-corrected chi connectivity index (χ3v) is 3.84. The summed E-state index contributed by atoms with van der Waals surface area (Å²) in [6, 6.07) is 0. The highest BCUT2D eigenvalue weighted by molar-refractivity contribution is 8.01. The predicted molar refractivity (Wildman–Crippen MR) is 53.2 cm³/mol. The van der Waals surface area contributed by atoms with Crippen molar-refractivity contribution in [1.82, 2.24) is 0 Å². The Morgan fingerprint density at radius 1 is 1.67 bits per heavy atom. The lowest BCUT2D eigenvalue weighted by molar-refractivity contribution is -0.110. The number of terminal acetylenes is 1. The van der Waals surface area contributed by atoms with E-state index in [1.165, 1.54) is 6.42 Å². The Balaban J connectivity index is 2.35. The Hall–Kier alpha value is -0.420. The summed E-state index contributed by atoms with van der Waals surface area (Å²) in [4.78, 5) is 10.9. The molecule has 1 nitrogen and oxygen atoms in total. The minimum Gasteiger partial charge on any atom is -0.302 e. The number of rotatable bonds is 4. The minimum atomic E-state index is -0.0726. The van der Waals surface area contributed by atoms with Crippen molar-refractivity contribution in [2.24, 2.45) is 0 Å². The molecule has 1 fully saturated rings. The van der Waals surface area contributed by atoms with Gasteiger partial charge in [0.1, 0.15) is 6.29 Å². The third kappa shape index (κ3) is 2.28. The molecule has 1 atom stereocenters. The van der Waals surface area contributed by atoms with Crippen molar-refractivity contribution in [2.45, 2.75) is 36.9 Å². The minimum absolute atomic E-state index is 0.0726. The van der Waals surface area contributed by atoms with Crippen LogP contribution in [-0.4, -0.2) is 16.8 Å². The Kier molecular flexibility index (Phi) is 3.68. The number of hydrogen-bond donors (Lipinski definition) is 0. The Morgan fingerprint density at radius 3 is 3.00 bits per heavy atom. The second-order valence-corrected chi connectivity index (χ2v) is 4.70. The van der Waals surface area contributed by atoms with Crippen molar-refractivity contribution in [3.05, 3.63) is 0 Å². The Labute approximate surface area is 78.3 Å². The van der Waals surface area contributed by atoms with Gasteiger partial charge in [0, 0.05) is 6.42 Å². The maximum absolute atomic E-state index is 10.9. The van der Waals surface area contributed by atoms with Crippen molar-refractivity contribution in [3.63, 3.8) is 0 Å². The van der Waals surface area contributed by atoms with Crippen LogP contribution in [0.3, 0.4) is 0 Å². The summed E-state index contributed by atoms with van der Waals surface area (Å²) in [6.45, 7) is 0. The molecule has 0 saturated carbocycles. The van der Waals surface area contributed by atoms with Gasteiger partial charge < -0.3 is 4.79 Å². The van der Waals surface area contributed by atoms with Crippen molar-refractivity contribution >= 4 is 18.0 Å². The molecule has 66 valence electrons. The molecule has 0 aromatic heterocycles. The fourth-order valence-electron chi connectivity index (χ4n) is 1.56. The van der Waals surface area contributed by atoms with Crippen LogP contribution in [0, 0.1) is 12.3 Å². The van der Waals surface area contributed by atoms with E-state index in [1.807, 2.05) is 0 Å². The summed E-state index contributed by atoms with van der Waals surface area (Å²) in [5.74, 6) is 3.74. The van der Waals surface area contributed by atoms with Crippen LogP contribution in [0.1, 0.15) is 32.1 Å². The maximum Gasteiger partial charge on any atom is 0.136 e. The van der Waals surface area contributed by atoms with Crippen LogP contribution in [0.25, 0.3) is 0 Å². The van der Waals surface area contributed by atoms with Gasteiger partial charge in [0.25, 0.3) is 0 Å². The summed E-state index contributed by atoms with van der Waals surface area (Å²) >= 11 is 1.80. The third-order valence-electron chi connectivity index (χ3n) is 2.27. The molecular formula is C10H14OS. The van der Waals surface area contributed by atoms with Crippen molar-refractivity contribution in [2.75, 3.05) is 5.75 Å². The molecule has 0 aromatic rings. The number of carbonyl (C=O) groups is 1. The van der Waals surface area contributed by atoms with E-state index in [9.17, 15) is 4.79 Å². The normalized spacial score (nSPS) is 28.2. The first-order valence-corrected chi connectivity index (χ1v) is 5.35. The van der Waals surface area contributed by atoms with Gasteiger partial charge in [-0.05, 0) is 31.4 Å². The van der Waals surface area contributed by atoms with Crippen molar-refractivity contribution in [1.29, 1.82) is 0 Å². The molecule has 0 aromatic carbocycles. The van der Waals surface area contributed by atoms with Gasteiger partial charge in [-0.25, -0.2) is 0 Å². The molecule has 0 radical (unpaired) electrons. The van der Waals surface area contributed by atoms with Crippen LogP contribution < -0.4 is 0 Å². The number of thioether (sulfide) groups is 1. The summed E-state index contributed by atoms with van der Waals surface area (Å²) < 4.78 is -0.0726. The van der Waals surface area contributed by atoms with Crippen molar-refractivity contribution in [3.8, 4) is 12.3 Å². The highest BCUT2D eigenvalue weighted by Crippen LogP contribution is 2.40. The number of aldehydes is 1. The van der Waals surface area contributed by atoms with E-state index >= 15 is 0 Å². The van der Waals surface area contributed by atoms with Crippen LogP contribution in [0.4, 0.5) is 0 Å². The first-order chi connectivity index (χ1) is 5.83. The average molecular weight is 182 g/mol. The summed E-state index contributed by atoms with van der Waals surface area (Å²) in [5, 5.41) is 0. The lowest BCUT2D eigenvalue weighted by Gasteiger charge is -2.19. The van der Waals surface area contributed by atoms with Crippen molar-refractivity contribution < 1.29 is 4.79 Å². The number of carbonyl (C=O) groups excluding carboxylic acids is 1. The zero-order valence-corrected chi connectivity index (χ0v) is 8.03. The van der Waals surface area contributed by atoms with E-state index < -0.39 is 0 Å². The van der Waals surface area contributed by atoms with Gasteiger partial charge in [0.05, 0.1) is 4.75 Å². The predicted octanol–water partition coefficient (Wildman–Crippen LogP) is 2.25. The lowest BCUT2D eigenvalue weighted by Crippen LogP contribution is -2.22. The van der Waals surface area contributed by atoms with E-state index in [4.69, 9.17) is 6.42 Å². The standard InChI is InChI=1S/C10H14OS/c1-2-3-4-6-10(9-11)7-5-8-12-10/h1,9H,3-8H2. The van der Waals surface area contributed by atoms with Crippen LogP contribution in [0.2, 0.25) is 0 Å². The Bertz CT molecular complexity index is 187. The molecule has 0 spiro atoms. The lowest BCUT2D eigenvalue weighted by atomic mass is 9.98. The van der Waals surface area contributed by atoms with Crippen LogP contribution in [0.15, 0.2) is 0 Å². The van der Waals surface area contributed by atoms with Gasteiger partial charge in [-0.3, -0.25) is 0 Å². The summed E-state index contributed by atoms with van der Waals surface area (Å²) in [5.41, 5.74) is 0. The molecule has 1 aliphatic heterocycles. The van der Waals surface area contributed by atoms with Gasteiger partial charge in [0.15, 0.2) is 0 Å². The second-order valence-electron chi connectivity index (χ2n) is 3.19. The number of hydrogen-bond acceptors (Lipinski definition) is 2. The molecule has 1 aliphatic rings. The molecule has 0 N–H and O–H groups in total. The molecule has 1 rings (SSSR count). The maximum atomic E-state index is 10.9. The fraction of sp³-hybridized carbons (Fsp3) is 0.700. The Morgan fingerprint density at radius 2 is 2.50 bits per heavy atom. The largest absolute Gasteiger partial charge is 0.302 e. The van der Waals surface area contributed by atoms with Crippen LogP contribution in [0.5, 0.6) is 0 Å². The zero-order valence-electron chi connectivity index (χ0n) is 7.21. The van der Waals surface area contributed by atoms with E-state index in [-0.39, 0.29) is 4.75 Å². The van der Waals surface area contributed by atoms with Crippen LogP contribution in [-0.2, 0) is 4.79 Å². The molecule has 1 saturated heterocycles. The number of unbranched alkanes of at least 4 members (excludes halogenated alkanes) is 1. The molecule has 1 unspecified atom stereocenters. The van der Waals surface area contributed by atoms with E-state index in [0.717, 1.165) is 37.7 Å². The van der Waals surface area contributed by atoms with Gasteiger partial charge in [-0.1, -0.05) is 0 Å². The molecule has 2 heteroatoms.